The first-order valence-electron chi connectivity index (χ1n) is 7.31. The number of hydrogen-bond acceptors (Lipinski definition) is 4. The maximum atomic E-state index is 12.4. The number of hydrogen-bond donors (Lipinski definition) is 1. The number of nitrogens with zero attached hydrogens (tertiary/aromatic N) is 2. The Morgan fingerprint density at radius 1 is 1.35 bits per heavy atom. The van der Waals surface area contributed by atoms with Gasteiger partial charge in [-0.3, -0.25) is 9.78 Å². The number of anilines is 1. The minimum Gasteiger partial charge on any atom is -0.373 e. The summed E-state index contributed by atoms with van der Waals surface area (Å²) in [5, 5.41) is 3.15. The number of nitrogens with one attached hydrogen (secondary N) is 1. The molecule has 2 heterocycles. The van der Waals surface area contributed by atoms with Crippen LogP contribution in [-0.4, -0.2) is 23.0 Å². The van der Waals surface area contributed by atoms with Gasteiger partial charge >= 0.3 is 0 Å². The molecule has 1 unspecified atom stereocenters. The van der Waals surface area contributed by atoms with E-state index in [1.807, 2.05) is 13.0 Å². The number of amides is 1. The second-order valence-electron chi connectivity index (χ2n) is 5.71. The fourth-order valence-electron chi connectivity index (χ4n) is 2.32. The Labute approximate surface area is 141 Å². The van der Waals surface area contributed by atoms with Gasteiger partial charge in [-0.05, 0) is 31.0 Å². The minimum absolute atomic E-state index is 0.209. The summed E-state index contributed by atoms with van der Waals surface area (Å²) >= 11 is 5.84. The first-order valence-corrected chi connectivity index (χ1v) is 7.69. The quantitative estimate of drug-likeness (QED) is 0.843. The monoisotopic (exact) mass is 333 g/mol. The van der Waals surface area contributed by atoms with Gasteiger partial charge in [0.15, 0.2) is 0 Å². The number of rotatable bonds is 5. The molecule has 6 heteroatoms. The molecule has 0 fully saturated rings. The summed E-state index contributed by atoms with van der Waals surface area (Å²) < 4.78 is 5.72. The van der Waals surface area contributed by atoms with Gasteiger partial charge in [0, 0.05) is 30.6 Å². The van der Waals surface area contributed by atoms with Crippen LogP contribution in [0, 0.1) is 5.92 Å². The Morgan fingerprint density at radius 3 is 2.70 bits per heavy atom. The summed E-state index contributed by atoms with van der Waals surface area (Å²) in [6.07, 6.45) is 4.80. The highest BCUT2D eigenvalue weighted by atomic mass is 35.5. The highest BCUT2D eigenvalue weighted by molar-refractivity contribution is 6.29. The number of aromatic nitrogens is 2. The average Bonchev–Trinajstić information content (AvgIpc) is 2.54. The van der Waals surface area contributed by atoms with Crippen LogP contribution in [0.2, 0.25) is 5.15 Å². The van der Waals surface area contributed by atoms with E-state index in [4.69, 9.17) is 16.3 Å². The van der Waals surface area contributed by atoms with Gasteiger partial charge in [0.2, 0.25) is 0 Å². The molecule has 1 N–H and O–H groups in total. The number of ether oxygens (including phenoxy) is 1. The molecule has 0 spiro atoms. The van der Waals surface area contributed by atoms with Crippen molar-refractivity contribution in [3.63, 3.8) is 0 Å². The molecule has 0 aliphatic heterocycles. The first kappa shape index (κ1) is 17.4. The van der Waals surface area contributed by atoms with Crippen molar-refractivity contribution in [3.05, 3.63) is 53.1 Å². The summed E-state index contributed by atoms with van der Waals surface area (Å²) in [7, 11) is 1.66. The fraction of sp³-hybridized carbons (Fsp3) is 0.353. The third-order valence-corrected chi connectivity index (χ3v) is 4.33. The molecule has 2 aromatic rings. The van der Waals surface area contributed by atoms with E-state index >= 15 is 0 Å². The molecule has 0 aromatic carbocycles. The van der Waals surface area contributed by atoms with E-state index in [9.17, 15) is 4.79 Å². The predicted molar refractivity (Wildman–Crippen MR) is 90.6 cm³/mol. The smallest absolute Gasteiger partial charge is 0.255 e. The van der Waals surface area contributed by atoms with E-state index in [0.29, 0.717) is 11.3 Å². The van der Waals surface area contributed by atoms with Gasteiger partial charge in [-0.15, -0.1) is 0 Å². The lowest BCUT2D eigenvalue weighted by Gasteiger charge is -2.34. The number of carbonyl (C=O) groups is 1. The molecule has 1 atom stereocenters. The predicted octanol–water partition coefficient (Wildman–Crippen LogP) is 3.90. The van der Waals surface area contributed by atoms with Gasteiger partial charge < -0.3 is 10.1 Å². The van der Waals surface area contributed by atoms with Crippen molar-refractivity contribution in [2.45, 2.75) is 26.4 Å². The van der Waals surface area contributed by atoms with Crippen molar-refractivity contribution in [3.8, 4) is 0 Å². The van der Waals surface area contributed by atoms with Crippen LogP contribution in [0.4, 0.5) is 5.69 Å². The highest BCUT2D eigenvalue weighted by Gasteiger charge is 2.33. The largest absolute Gasteiger partial charge is 0.373 e. The maximum absolute atomic E-state index is 12.4. The molecule has 0 aliphatic carbocycles. The topological polar surface area (TPSA) is 64.1 Å². The Morgan fingerprint density at radius 2 is 2.09 bits per heavy atom. The van der Waals surface area contributed by atoms with Crippen molar-refractivity contribution in [1.29, 1.82) is 0 Å². The van der Waals surface area contributed by atoms with Crippen LogP contribution < -0.4 is 5.32 Å². The van der Waals surface area contributed by atoms with Crippen LogP contribution in [0.3, 0.4) is 0 Å². The average molecular weight is 334 g/mol. The molecular formula is C17H20ClN3O2. The molecule has 23 heavy (non-hydrogen) atoms. The number of halogens is 1. The van der Waals surface area contributed by atoms with Gasteiger partial charge in [0.1, 0.15) is 5.15 Å². The number of carbonyl (C=O) groups excluding carboxylic acids is 1. The summed E-state index contributed by atoms with van der Waals surface area (Å²) in [6.45, 7) is 6.13. The Bertz CT molecular complexity index is 706. The van der Waals surface area contributed by atoms with Crippen molar-refractivity contribution in [2.24, 2.45) is 5.92 Å². The first-order chi connectivity index (χ1) is 10.9. The molecule has 0 saturated carbocycles. The van der Waals surface area contributed by atoms with E-state index in [1.54, 1.807) is 25.6 Å². The Hall–Kier alpha value is -1.98. The van der Waals surface area contributed by atoms with Gasteiger partial charge in [0.25, 0.3) is 5.91 Å². The SMILES string of the molecule is COC(C)(c1ccncc1NC(=O)c1ccnc(Cl)c1)C(C)C. The van der Waals surface area contributed by atoms with Gasteiger partial charge in [0.05, 0.1) is 17.5 Å². The van der Waals surface area contributed by atoms with Gasteiger partial charge in [-0.2, -0.15) is 0 Å². The summed E-state index contributed by atoms with van der Waals surface area (Å²) in [6, 6.07) is 4.98. The lowest BCUT2D eigenvalue weighted by atomic mass is 9.84. The minimum atomic E-state index is -0.540. The second kappa shape index (κ2) is 7.06. The van der Waals surface area contributed by atoms with Crippen LogP contribution in [-0.2, 0) is 10.3 Å². The summed E-state index contributed by atoms with van der Waals surface area (Å²) in [5.41, 5.74) is 1.38. The molecule has 0 radical (unpaired) electrons. The lowest BCUT2D eigenvalue weighted by molar-refractivity contribution is -0.0367. The third-order valence-electron chi connectivity index (χ3n) is 4.12. The Balaban J connectivity index is 2.36. The van der Waals surface area contributed by atoms with Crippen LogP contribution in [0.5, 0.6) is 0 Å². The number of methoxy groups -OCH3 is 1. The van der Waals surface area contributed by atoms with Crippen molar-refractivity contribution < 1.29 is 9.53 Å². The lowest BCUT2D eigenvalue weighted by Crippen LogP contribution is -2.32. The standard InChI is InChI=1S/C17H20ClN3O2/c1-11(2)17(3,23-4)13-6-7-19-10-14(13)21-16(22)12-5-8-20-15(18)9-12/h5-11H,1-4H3,(H,21,22). The molecular weight excluding hydrogens is 314 g/mol. The van der Waals surface area contributed by atoms with E-state index in [1.165, 1.54) is 12.3 Å². The number of pyridine rings is 2. The van der Waals surface area contributed by atoms with Crippen molar-refractivity contribution in [2.75, 3.05) is 12.4 Å². The van der Waals surface area contributed by atoms with E-state index < -0.39 is 5.60 Å². The van der Waals surface area contributed by atoms with E-state index in [-0.39, 0.29) is 17.0 Å². The zero-order valence-corrected chi connectivity index (χ0v) is 14.4. The van der Waals surface area contributed by atoms with E-state index in [2.05, 4.69) is 29.1 Å². The molecule has 122 valence electrons. The van der Waals surface area contributed by atoms with E-state index in [0.717, 1.165) is 5.56 Å². The summed E-state index contributed by atoms with van der Waals surface area (Å²) in [4.78, 5) is 20.4. The third kappa shape index (κ3) is 3.68. The van der Waals surface area contributed by atoms with Crippen molar-refractivity contribution in [1.82, 2.24) is 9.97 Å². The second-order valence-corrected chi connectivity index (χ2v) is 6.10. The molecule has 0 aliphatic rings. The maximum Gasteiger partial charge on any atom is 0.255 e. The zero-order valence-electron chi connectivity index (χ0n) is 13.6. The molecule has 0 bridgehead atoms. The van der Waals surface area contributed by atoms with Crippen LogP contribution in [0.1, 0.15) is 36.7 Å². The molecule has 5 nitrogen and oxygen atoms in total. The summed E-state index contributed by atoms with van der Waals surface area (Å²) in [5.74, 6) is -0.0633. The highest BCUT2D eigenvalue weighted by Crippen LogP contribution is 2.36. The Kier molecular flexibility index (Phi) is 5.34. The molecule has 0 saturated heterocycles. The van der Waals surface area contributed by atoms with Crippen molar-refractivity contribution >= 4 is 23.2 Å². The van der Waals surface area contributed by atoms with Crippen LogP contribution in [0.25, 0.3) is 0 Å². The van der Waals surface area contributed by atoms with Crippen LogP contribution >= 0.6 is 11.6 Å². The molecule has 1 amide bonds. The van der Waals surface area contributed by atoms with Gasteiger partial charge in [-0.25, -0.2) is 4.98 Å². The fourth-order valence-corrected chi connectivity index (χ4v) is 2.50. The molecule has 2 aromatic heterocycles. The normalized spacial score (nSPS) is 13.7. The zero-order chi connectivity index (χ0) is 17.0. The molecule has 2 rings (SSSR count). The van der Waals surface area contributed by atoms with Gasteiger partial charge in [-0.1, -0.05) is 25.4 Å². The van der Waals surface area contributed by atoms with Crippen LogP contribution in [0.15, 0.2) is 36.8 Å².